The highest BCUT2D eigenvalue weighted by Crippen LogP contribution is 2.33. The second-order valence-corrected chi connectivity index (χ2v) is 10.1. The predicted octanol–water partition coefficient (Wildman–Crippen LogP) is 4.78. The minimum absolute atomic E-state index is 0.151. The average Bonchev–Trinajstić information content (AvgIpc) is 3.64. The Morgan fingerprint density at radius 1 is 1.16 bits per heavy atom. The molecule has 0 saturated carbocycles. The van der Waals surface area contributed by atoms with Gasteiger partial charge in [-0.15, -0.1) is 5.73 Å². The number of hydrogen-bond donors (Lipinski definition) is 3. The van der Waals surface area contributed by atoms with E-state index in [2.05, 4.69) is 51.1 Å². The number of fused-ring (bicyclic) bond motifs is 2. The summed E-state index contributed by atoms with van der Waals surface area (Å²) in [5.41, 5.74) is 8.05. The van der Waals surface area contributed by atoms with Crippen LogP contribution in [0, 0.1) is 0 Å². The third kappa shape index (κ3) is 4.69. The van der Waals surface area contributed by atoms with Crippen molar-refractivity contribution in [2.24, 2.45) is 0 Å². The monoisotopic (exact) mass is 496 g/mol. The molecule has 1 atom stereocenters. The number of methoxy groups -OCH3 is 1. The van der Waals surface area contributed by atoms with Crippen LogP contribution in [-0.4, -0.2) is 70.2 Å². The molecular weight excluding hydrogens is 464 g/mol. The quantitative estimate of drug-likeness (QED) is 0.347. The van der Waals surface area contributed by atoms with E-state index < -0.39 is 6.10 Å². The molecule has 2 saturated heterocycles. The molecule has 7 nitrogen and oxygen atoms in total. The number of likely N-dealkylation sites (tertiary alicyclic amines) is 2. The summed E-state index contributed by atoms with van der Waals surface area (Å²) in [6, 6.07) is 16.1. The lowest BCUT2D eigenvalue weighted by Crippen LogP contribution is -2.33. The van der Waals surface area contributed by atoms with Crippen molar-refractivity contribution in [3.8, 4) is 5.75 Å². The third-order valence-corrected chi connectivity index (χ3v) is 7.72. The zero-order valence-electron chi connectivity index (χ0n) is 21.0. The number of para-hydroxylation sites is 1. The number of carbonyl (C=O) groups is 1. The van der Waals surface area contributed by atoms with Gasteiger partial charge in [0.05, 0.1) is 25.5 Å². The van der Waals surface area contributed by atoms with E-state index in [0.717, 1.165) is 54.8 Å². The van der Waals surface area contributed by atoms with E-state index in [9.17, 15) is 9.90 Å². The number of β-amino-alcohol motifs (C(OH)–C–C–N with tert-alkyl or cyclic N) is 1. The highest BCUT2D eigenvalue weighted by molar-refractivity contribution is 5.99. The van der Waals surface area contributed by atoms with Gasteiger partial charge >= 0.3 is 0 Å². The van der Waals surface area contributed by atoms with Crippen molar-refractivity contribution < 1.29 is 14.6 Å². The molecule has 0 aliphatic carbocycles. The van der Waals surface area contributed by atoms with Gasteiger partial charge in [-0.3, -0.25) is 9.69 Å². The molecule has 2 aromatic carbocycles. The first kappa shape index (κ1) is 23.6. The molecule has 4 aromatic rings. The smallest absolute Gasteiger partial charge is 0.275 e. The summed E-state index contributed by atoms with van der Waals surface area (Å²) in [5.74, 6) is 1.16. The first-order chi connectivity index (χ1) is 18.1. The Hall–Kier alpha value is -3.77. The number of piperidine rings is 1. The molecule has 1 amide bonds. The van der Waals surface area contributed by atoms with E-state index in [-0.39, 0.29) is 12.5 Å². The summed E-state index contributed by atoms with van der Waals surface area (Å²) >= 11 is 0. The van der Waals surface area contributed by atoms with Crippen LogP contribution >= 0.6 is 0 Å². The van der Waals surface area contributed by atoms with Gasteiger partial charge in [0.25, 0.3) is 5.91 Å². The number of ether oxygens (including phenoxy) is 1. The zero-order chi connectivity index (χ0) is 25.4. The number of aromatic amines is 2. The summed E-state index contributed by atoms with van der Waals surface area (Å²) in [4.78, 5) is 24.0. The van der Waals surface area contributed by atoms with Crippen molar-refractivity contribution in [1.29, 1.82) is 0 Å². The summed E-state index contributed by atoms with van der Waals surface area (Å²) in [6.45, 7) is 3.13. The van der Waals surface area contributed by atoms with Gasteiger partial charge in [-0.1, -0.05) is 18.2 Å². The van der Waals surface area contributed by atoms with E-state index in [0.29, 0.717) is 18.0 Å². The van der Waals surface area contributed by atoms with Crippen LogP contribution in [0.25, 0.3) is 21.8 Å². The molecule has 2 aliphatic heterocycles. The van der Waals surface area contributed by atoms with Crippen LogP contribution in [0.4, 0.5) is 0 Å². The minimum Gasteiger partial charge on any atom is -0.497 e. The van der Waals surface area contributed by atoms with Crippen molar-refractivity contribution in [2.75, 3.05) is 33.3 Å². The molecule has 2 fully saturated rings. The molecule has 0 bridgehead atoms. The Labute approximate surface area is 216 Å². The molecule has 190 valence electrons. The van der Waals surface area contributed by atoms with Crippen LogP contribution in [-0.2, 0) is 0 Å². The first-order valence-electron chi connectivity index (χ1n) is 13.0. The van der Waals surface area contributed by atoms with Gasteiger partial charge < -0.3 is 24.7 Å². The second-order valence-electron chi connectivity index (χ2n) is 10.1. The van der Waals surface area contributed by atoms with Gasteiger partial charge in [0, 0.05) is 47.0 Å². The van der Waals surface area contributed by atoms with Crippen LogP contribution in [0.3, 0.4) is 0 Å². The molecule has 2 aliphatic rings. The van der Waals surface area contributed by atoms with Gasteiger partial charge in [-0.05, 0) is 67.8 Å². The lowest BCUT2D eigenvalue weighted by atomic mass is 9.89. The summed E-state index contributed by atoms with van der Waals surface area (Å²) < 4.78 is 5.29. The number of amides is 1. The third-order valence-electron chi connectivity index (χ3n) is 7.72. The molecule has 3 N–H and O–H groups in total. The Bertz CT molecular complexity index is 1500. The van der Waals surface area contributed by atoms with Crippen LogP contribution in [0.2, 0.25) is 0 Å². The molecule has 6 rings (SSSR count). The molecule has 4 heterocycles. The maximum Gasteiger partial charge on any atom is 0.275 e. The van der Waals surface area contributed by atoms with Gasteiger partial charge in [-0.25, -0.2) is 0 Å². The second kappa shape index (κ2) is 9.94. The topological polar surface area (TPSA) is 84.6 Å². The SMILES string of the molecule is COc1ccc2cc(C(=O)N3CC(O)CC3=C=CCN3CCC(c4c[nH]c5ccccc45)CC3)[nH]c2c1. The van der Waals surface area contributed by atoms with Crippen LogP contribution in [0.5, 0.6) is 5.75 Å². The largest absolute Gasteiger partial charge is 0.497 e. The zero-order valence-corrected chi connectivity index (χ0v) is 21.0. The van der Waals surface area contributed by atoms with Crippen LogP contribution < -0.4 is 4.74 Å². The van der Waals surface area contributed by atoms with Gasteiger partial charge in [0.15, 0.2) is 0 Å². The highest BCUT2D eigenvalue weighted by Gasteiger charge is 2.31. The Morgan fingerprint density at radius 3 is 2.84 bits per heavy atom. The summed E-state index contributed by atoms with van der Waals surface area (Å²) in [7, 11) is 1.62. The van der Waals surface area contributed by atoms with Crippen molar-refractivity contribution in [3.05, 3.63) is 83.5 Å². The summed E-state index contributed by atoms with van der Waals surface area (Å²) in [6.07, 6.45) is 6.29. The predicted molar refractivity (Wildman–Crippen MR) is 145 cm³/mol. The summed E-state index contributed by atoms with van der Waals surface area (Å²) in [5, 5.41) is 12.6. The molecule has 2 aromatic heterocycles. The van der Waals surface area contributed by atoms with Crippen molar-refractivity contribution in [1.82, 2.24) is 19.8 Å². The van der Waals surface area contributed by atoms with E-state index in [1.165, 1.54) is 16.5 Å². The van der Waals surface area contributed by atoms with Crippen molar-refractivity contribution in [3.63, 3.8) is 0 Å². The fourth-order valence-corrected chi connectivity index (χ4v) is 5.71. The molecule has 7 heteroatoms. The number of aromatic nitrogens is 2. The van der Waals surface area contributed by atoms with Gasteiger partial charge in [0.1, 0.15) is 11.4 Å². The maximum atomic E-state index is 13.3. The number of carbonyl (C=O) groups excluding carboxylic acids is 1. The standard InChI is InChI=1S/C30H32N4O3/c1-37-24-9-8-21-15-29(32-28(21)17-24)30(36)34-19-23(35)16-22(34)5-4-12-33-13-10-20(11-14-33)26-18-31-27-7-3-2-6-25(26)27/h2-4,6-9,15,17-18,20,23,31-32,35H,10-14,16,19H2,1H3. The number of benzene rings is 2. The average molecular weight is 497 g/mol. The number of nitrogens with zero attached hydrogens (tertiary/aromatic N) is 2. The fraction of sp³-hybridized carbons (Fsp3) is 0.333. The minimum atomic E-state index is -0.573. The number of nitrogens with one attached hydrogen (secondary N) is 2. The molecular formula is C30H32N4O3. The van der Waals surface area contributed by atoms with Crippen LogP contribution in [0.15, 0.2) is 72.2 Å². The number of rotatable bonds is 5. The van der Waals surface area contributed by atoms with Crippen molar-refractivity contribution >= 4 is 27.7 Å². The van der Waals surface area contributed by atoms with E-state index >= 15 is 0 Å². The highest BCUT2D eigenvalue weighted by atomic mass is 16.5. The lowest BCUT2D eigenvalue weighted by molar-refractivity contribution is 0.0788. The van der Waals surface area contributed by atoms with E-state index in [1.54, 1.807) is 12.0 Å². The van der Waals surface area contributed by atoms with E-state index in [1.807, 2.05) is 30.3 Å². The van der Waals surface area contributed by atoms with Gasteiger partial charge in [0.2, 0.25) is 0 Å². The Kier molecular flexibility index (Phi) is 6.35. The number of aliphatic hydroxyl groups excluding tert-OH is 1. The number of hydrogen-bond acceptors (Lipinski definition) is 4. The Morgan fingerprint density at radius 2 is 2.00 bits per heavy atom. The molecule has 0 radical (unpaired) electrons. The lowest BCUT2D eigenvalue weighted by Gasteiger charge is -2.31. The van der Waals surface area contributed by atoms with Gasteiger partial charge in [-0.2, -0.15) is 0 Å². The number of H-pyrrole nitrogens is 2. The first-order valence-corrected chi connectivity index (χ1v) is 13.0. The number of aliphatic hydroxyl groups is 1. The molecule has 1 unspecified atom stereocenters. The normalized spacial score (nSPS) is 19.0. The maximum absolute atomic E-state index is 13.3. The van der Waals surface area contributed by atoms with E-state index in [4.69, 9.17) is 4.74 Å². The van der Waals surface area contributed by atoms with Crippen LogP contribution in [0.1, 0.15) is 41.2 Å². The molecule has 37 heavy (non-hydrogen) atoms. The van der Waals surface area contributed by atoms with Crippen molar-refractivity contribution in [2.45, 2.75) is 31.3 Å². The fourth-order valence-electron chi connectivity index (χ4n) is 5.71. The Balaban J connectivity index is 1.11. The molecule has 0 spiro atoms.